The van der Waals surface area contributed by atoms with Crippen LogP contribution in [0.5, 0.6) is 5.75 Å². The molecule has 1 aromatic rings. The summed E-state index contributed by atoms with van der Waals surface area (Å²) in [6, 6.07) is 7.23. The highest BCUT2D eigenvalue weighted by atomic mass is 35.5. The number of benzene rings is 1. The van der Waals surface area contributed by atoms with Gasteiger partial charge in [0.2, 0.25) is 0 Å². The highest BCUT2D eigenvalue weighted by Crippen LogP contribution is 2.16. The summed E-state index contributed by atoms with van der Waals surface area (Å²) in [7, 11) is 3.23. The first kappa shape index (κ1) is 9.36. The molecular formula is C9H10ClO2. The highest BCUT2D eigenvalue weighted by molar-refractivity contribution is 6.30. The van der Waals surface area contributed by atoms with Crippen LogP contribution in [0, 0.1) is 7.11 Å². The molecule has 0 aromatic heterocycles. The van der Waals surface area contributed by atoms with E-state index >= 15 is 0 Å². The average molecular weight is 186 g/mol. The van der Waals surface area contributed by atoms with Gasteiger partial charge in [-0.3, -0.25) is 0 Å². The first-order valence-electron chi connectivity index (χ1n) is 3.58. The molecule has 1 rings (SSSR count). The Labute approximate surface area is 77.1 Å². The molecule has 0 saturated carbocycles. The van der Waals surface area contributed by atoms with Gasteiger partial charge in [-0.15, -0.1) is 0 Å². The zero-order valence-corrected chi connectivity index (χ0v) is 7.38. The van der Waals surface area contributed by atoms with Crippen molar-refractivity contribution in [3.63, 3.8) is 0 Å². The van der Waals surface area contributed by atoms with Gasteiger partial charge >= 0.3 is 0 Å². The number of hydrogen-bond donors (Lipinski definition) is 0. The molecule has 1 radical (unpaired) electrons. The van der Waals surface area contributed by atoms with Crippen LogP contribution in [-0.4, -0.2) is 13.2 Å². The fourth-order valence-corrected chi connectivity index (χ4v) is 0.956. The molecule has 0 amide bonds. The van der Waals surface area contributed by atoms with Gasteiger partial charge in [-0.25, -0.2) is 0 Å². The fraction of sp³-hybridized carbons (Fsp3) is 0.222. The molecule has 0 unspecified atom stereocenters. The van der Waals surface area contributed by atoms with Gasteiger partial charge < -0.3 is 9.47 Å². The monoisotopic (exact) mass is 185 g/mol. The van der Waals surface area contributed by atoms with E-state index in [1.165, 1.54) is 0 Å². The number of rotatable bonds is 4. The van der Waals surface area contributed by atoms with Gasteiger partial charge in [0, 0.05) is 5.02 Å². The third-order valence-corrected chi connectivity index (χ3v) is 1.53. The van der Waals surface area contributed by atoms with Gasteiger partial charge in [-0.05, 0) is 18.2 Å². The molecule has 0 N–H and O–H groups in total. The zero-order chi connectivity index (χ0) is 8.81. The SMILES string of the molecule is [CH2]OCCOc1cccc(Cl)c1. The molecule has 0 aliphatic heterocycles. The number of hydrogen-bond acceptors (Lipinski definition) is 2. The van der Waals surface area contributed by atoms with Crippen LogP contribution in [0.2, 0.25) is 5.02 Å². The zero-order valence-electron chi connectivity index (χ0n) is 6.63. The van der Waals surface area contributed by atoms with E-state index in [1.807, 2.05) is 12.1 Å². The van der Waals surface area contributed by atoms with Gasteiger partial charge in [0.25, 0.3) is 0 Å². The molecular weight excluding hydrogens is 176 g/mol. The van der Waals surface area contributed by atoms with E-state index in [2.05, 4.69) is 11.8 Å². The van der Waals surface area contributed by atoms with Gasteiger partial charge in [0.05, 0.1) is 13.7 Å². The van der Waals surface area contributed by atoms with E-state index in [0.29, 0.717) is 18.2 Å². The minimum Gasteiger partial charge on any atom is -0.491 e. The maximum absolute atomic E-state index is 5.73. The van der Waals surface area contributed by atoms with Gasteiger partial charge in [-0.2, -0.15) is 0 Å². The smallest absolute Gasteiger partial charge is 0.120 e. The fourth-order valence-electron chi connectivity index (χ4n) is 0.775. The summed E-state index contributed by atoms with van der Waals surface area (Å²) in [6.45, 7) is 0.969. The van der Waals surface area contributed by atoms with Crippen molar-refractivity contribution in [2.24, 2.45) is 0 Å². The topological polar surface area (TPSA) is 18.5 Å². The van der Waals surface area contributed by atoms with Gasteiger partial charge in [-0.1, -0.05) is 17.7 Å². The minimum atomic E-state index is 0.479. The van der Waals surface area contributed by atoms with Crippen molar-refractivity contribution in [1.82, 2.24) is 0 Å². The molecule has 0 heterocycles. The van der Waals surface area contributed by atoms with E-state index in [-0.39, 0.29) is 0 Å². The molecule has 0 fully saturated rings. The highest BCUT2D eigenvalue weighted by Gasteiger charge is 1.93. The average Bonchev–Trinajstić information content (AvgIpc) is 2.05. The summed E-state index contributed by atoms with van der Waals surface area (Å²) in [4.78, 5) is 0. The van der Waals surface area contributed by atoms with Crippen molar-refractivity contribution in [3.05, 3.63) is 36.4 Å². The predicted octanol–water partition coefficient (Wildman–Crippen LogP) is 2.53. The summed E-state index contributed by atoms with van der Waals surface area (Å²) in [5.74, 6) is 0.750. The van der Waals surface area contributed by atoms with Gasteiger partial charge in [0.15, 0.2) is 0 Å². The second kappa shape index (κ2) is 5.01. The Morgan fingerprint density at radius 2 is 2.17 bits per heavy atom. The Balaban J connectivity index is 2.41. The lowest BCUT2D eigenvalue weighted by Crippen LogP contribution is -2.03. The van der Waals surface area contributed by atoms with Crippen LogP contribution in [0.25, 0.3) is 0 Å². The first-order chi connectivity index (χ1) is 5.83. The number of halogens is 1. The van der Waals surface area contributed by atoms with E-state index in [4.69, 9.17) is 16.3 Å². The summed E-state index contributed by atoms with van der Waals surface area (Å²) < 4.78 is 9.86. The van der Waals surface area contributed by atoms with Crippen LogP contribution >= 0.6 is 11.6 Å². The van der Waals surface area contributed by atoms with Crippen LogP contribution in [0.15, 0.2) is 24.3 Å². The molecule has 0 saturated heterocycles. The summed E-state index contributed by atoms with van der Waals surface area (Å²) in [6.07, 6.45) is 0. The Hall–Kier alpha value is -0.730. The lowest BCUT2D eigenvalue weighted by molar-refractivity contribution is 0.174. The van der Waals surface area contributed by atoms with E-state index in [1.54, 1.807) is 12.1 Å². The first-order valence-corrected chi connectivity index (χ1v) is 3.96. The third kappa shape index (κ3) is 3.11. The normalized spacial score (nSPS) is 9.83. The molecule has 0 bridgehead atoms. The summed E-state index contributed by atoms with van der Waals surface area (Å²) in [5, 5.41) is 0.669. The lowest BCUT2D eigenvalue weighted by atomic mass is 10.3. The molecule has 0 atom stereocenters. The van der Waals surface area contributed by atoms with Crippen LogP contribution in [0.4, 0.5) is 0 Å². The van der Waals surface area contributed by atoms with Crippen LogP contribution < -0.4 is 4.74 Å². The van der Waals surface area contributed by atoms with Crippen molar-refractivity contribution >= 4 is 11.6 Å². The van der Waals surface area contributed by atoms with Crippen LogP contribution in [0.1, 0.15) is 0 Å². The Kier molecular flexibility index (Phi) is 3.91. The molecule has 0 aliphatic rings. The molecule has 0 spiro atoms. The molecule has 65 valence electrons. The minimum absolute atomic E-state index is 0.479. The van der Waals surface area contributed by atoms with Crippen LogP contribution in [0.3, 0.4) is 0 Å². The Morgan fingerprint density at radius 3 is 2.83 bits per heavy atom. The lowest BCUT2D eigenvalue weighted by Gasteiger charge is -2.04. The summed E-state index contributed by atoms with van der Waals surface area (Å²) in [5.41, 5.74) is 0. The molecule has 1 aromatic carbocycles. The molecule has 3 heteroatoms. The summed E-state index contributed by atoms with van der Waals surface area (Å²) >= 11 is 5.73. The van der Waals surface area contributed by atoms with Crippen molar-refractivity contribution < 1.29 is 9.47 Å². The third-order valence-electron chi connectivity index (χ3n) is 1.29. The van der Waals surface area contributed by atoms with Gasteiger partial charge in [0.1, 0.15) is 12.4 Å². The van der Waals surface area contributed by atoms with Crippen molar-refractivity contribution in [3.8, 4) is 5.75 Å². The quantitative estimate of drug-likeness (QED) is 0.672. The van der Waals surface area contributed by atoms with Crippen molar-refractivity contribution in [1.29, 1.82) is 0 Å². The Bertz CT molecular complexity index is 238. The Morgan fingerprint density at radius 1 is 1.33 bits per heavy atom. The van der Waals surface area contributed by atoms with E-state index in [0.717, 1.165) is 5.75 Å². The maximum Gasteiger partial charge on any atom is 0.120 e. The molecule has 0 aliphatic carbocycles. The van der Waals surface area contributed by atoms with Crippen molar-refractivity contribution in [2.75, 3.05) is 13.2 Å². The number of ether oxygens (including phenoxy) is 2. The molecule has 12 heavy (non-hydrogen) atoms. The van der Waals surface area contributed by atoms with Crippen molar-refractivity contribution in [2.45, 2.75) is 0 Å². The van der Waals surface area contributed by atoms with E-state index < -0.39 is 0 Å². The van der Waals surface area contributed by atoms with Crippen LogP contribution in [-0.2, 0) is 4.74 Å². The maximum atomic E-state index is 5.73. The standard InChI is InChI=1S/C9H10ClO2/c1-11-5-6-12-9-4-2-3-8(10)7-9/h2-4,7H,1,5-6H2. The second-order valence-electron chi connectivity index (χ2n) is 2.21. The predicted molar refractivity (Wildman–Crippen MR) is 48.3 cm³/mol. The molecule has 2 nitrogen and oxygen atoms in total. The second-order valence-corrected chi connectivity index (χ2v) is 2.65. The largest absolute Gasteiger partial charge is 0.491 e. The van der Waals surface area contributed by atoms with E-state index in [9.17, 15) is 0 Å².